The van der Waals surface area contributed by atoms with Gasteiger partial charge in [0.2, 0.25) is 0 Å². The molecule has 0 aromatic rings. The smallest absolute Gasteiger partial charge is 0.0383 e. The van der Waals surface area contributed by atoms with E-state index in [1.807, 2.05) is 13.8 Å². The van der Waals surface area contributed by atoms with E-state index in [1.165, 1.54) is 51.4 Å². The van der Waals surface area contributed by atoms with Crippen LogP contribution in [0.5, 0.6) is 0 Å². The van der Waals surface area contributed by atoms with E-state index in [4.69, 9.17) is 0 Å². The predicted octanol–water partition coefficient (Wildman–Crippen LogP) is 13.2. The first kappa shape index (κ1) is 45.5. The molecule has 204 valence electrons. The highest BCUT2D eigenvalue weighted by atomic mass is 14.1. The van der Waals surface area contributed by atoms with Gasteiger partial charge in [0, 0.05) is 0 Å². The lowest BCUT2D eigenvalue weighted by Crippen LogP contribution is -2.02. The monoisotopic (exact) mass is 461 g/mol. The summed E-state index contributed by atoms with van der Waals surface area (Å²) in [5.74, 6) is 2.73. The van der Waals surface area contributed by atoms with Crippen LogP contribution in [0.2, 0.25) is 0 Å². The van der Waals surface area contributed by atoms with Crippen LogP contribution >= 0.6 is 0 Å². The van der Waals surface area contributed by atoms with Crippen molar-refractivity contribution in [1.82, 2.24) is 0 Å². The summed E-state index contributed by atoms with van der Waals surface area (Å²) >= 11 is 0. The first-order valence-electron chi connectivity index (χ1n) is 14.4. The lowest BCUT2D eigenvalue weighted by Gasteiger charge is -2.15. The average molecular weight is 461 g/mol. The molecule has 0 fully saturated rings. The summed E-state index contributed by atoms with van der Waals surface area (Å²) in [4.78, 5) is 0. The van der Waals surface area contributed by atoms with E-state index in [0.29, 0.717) is 10.8 Å². The molecule has 0 bridgehead atoms. The van der Waals surface area contributed by atoms with Crippen LogP contribution in [-0.2, 0) is 0 Å². The van der Waals surface area contributed by atoms with E-state index in [2.05, 4.69) is 118 Å². The second kappa shape index (κ2) is 33.2. The van der Waals surface area contributed by atoms with Gasteiger partial charge in [0.1, 0.15) is 0 Å². The molecule has 0 radical (unpaired) electrons. The van der Waals surface area contributed by atoms with Crippen LogP contribution in [-0.4, -0.2) is 0 Å². The van der Waals surface area contributed by atoms with E-state index < -0.39 is 0 Å². The van der Waals surface area contributed by atoms with Crippen molar-refractivity contribution in [3.8, 4) is 0 Å². The van der Waals surface area contributed by atoms with E-state index >= 15 is 0 Å². The summed E-state index contributed by atoms with van der Waals surface area (Å²) in [6.07, 6.45) is 10.8. The average Bonchev–Trinajstić information content (AvgIpc) is 2.61. The predicted molar refractivity (Wildman–Crippen MR) is 160 cm³/mol. The molecule has 0 aromatic heterocycles. The van der Waals surface area contributed by atoms with Crippen molar-refractivity contribution in [3.63, 3.8) is 0 Å². The molecule has 0 N–H and O–H groups in total. The van der Waals surface area contributed by atoms with Crippen molar-refractivity contribution in [3.05, 3.63) is 0 Å². The molecule has 0 saturated heterocycles. The highest BCUT2D eigenvalue weighted by Gasteiger charge is 2.06. The third-order valence-corrected chi connectivity index (χ3v) is 3.96. The van der Waals surface area contributed by atoms with E-state index in [0.717, 1.165) is 17.8 Å². The third kappa shape index (κ3) is 129. The van der Waals surface area contributed by atoms with Crippen LogP contribution in [0, 0.1) is 28.6 Å². The Morgan fingerprint density at radius 2 is 0.750 bits per heavy atom. The molecule has 0 unspecified atom stereocenters. The Balaban J connectivity index is -0.0000000658. The van der Waals surface area contributed by atoms with Gasteiger partial charge in [-0.05, 0) is 35.0 Å². The van der Waals surface area contributed by atoms with Crippen molar-refractivity contribution < 1.29 is 0 Å². The molecular formula is C32H76. The summed E-state index contributed by atoms with van der Waals surface area (Å²) in [6, 6.07) is 0. The van der Waals surface area contributed by atoms with Crippen molar-refractivity contribution in [2.45, 2.75) is 183 Å². The summed E-state index contributed by atoms with van der Waals surface area (Å²) in [5, 5.41) is 0. The Kier molecular flexibility index (Phi) is 47.2. The second-order valence-corrected chi connectivity index (χ2v) is 12.6. The van der Waals surface area contributed by atoms with Crippen molar-refractivity contribution in [2.24, 2.45) is 28.6 Å². The van der Waals surface area contributed by atoms with Crippen molar-refractivity contribution in [1.29, 1.82) is 0 Å². The Morgan fingerprint density at radius 3 is 0.812 bits per heavy atom. The van der Waals surface area contributed by atoms with E-state index in [-0.39, 0.29) is 0 Å². The molecule has 0 rings (SSSR count). The maximum atomic E-state index is 2.34. The molecule has 0 amide bonds. The van der Waals surface area contributed by atoms with E-state index in [1.54, 1.807) is 0 Å². The molecule has 0 atom stereocenters. The van der Waals surface area contributed by atoms with Gasteiger partial charge in [0.05, 0.1) is 0 Å². The lowest BCUT2D eigenvalue weighted by molar-refractivity contribution is 0.373. The summed E-state index contributed by atoms with van der Waals surface area (Å²) < 4.78 is 0. The summed E-state index contributed by atoms with van der Waals surface area (Å²) in [5.41, 5.74) is 1.05. The molecule has 0 heterocycles. The van der Waals surface area contributed by atoms with Gasteiger partial charge < -0.3 is 0 Å². The third-order valence-electron chi connectivity index (χ3n) is 3.96. The van der Waals surface area contributed by atoms with Gasteiger partial charge >= 0.3 is 0 Å². The molecule has 0 aliphatic heterocycles. The summed E-state index contributed by atoms with van der Waals surface area (Å²) in [6.45, 7) is 41.9. The molecule has 0 nitrogen and oxygen atoms in total. The van der Waals surface area contributed by atoms with Crippen LogP contribution in [0.4, 0.5) is 0 Å². The van der Waals surface area contributed by atoms with Gasteiger partial charge in [-0.1, -0.05) is 176 Å². The zero-order valence-electron chi connectivity index (χ0n) is 27.4. The molecule has 0 spiro atoms. The van der Waals surface area contributed by atoms with Gasteiger partial charge in [-0.3, -0.25) is 0 Å². The topological polar surface area (TPSA) is 0 Å². The van der Waals surface area contributed by atoms with Crippen LogP contribution in [0.3, 0.4) is 0 Å². The fraction of sp³-hybridized carbons (Fsp3) is 1.00. The Morgan fingerprint density at radius 1 is 0.500 bits per heavy atom. The number of rotatable bonds is 7. The quantitative estimate of drug-likeness (QED) is 0.354. The maximum Gasteiger partial charge on any atom is -0.0383 e. The first-order chi connectivity index (χ1) is 14.4. The van der Waals surface area contributed by atoms with Crippen molar-refractivity contribution >= 4 is 0 Å². The lowest BCUT2D eigenvalue weighted by atomic mass is 9.91. The zero-order chi connectivity index (χ0) is 27.4. The van der Waals surface area contributed by atoms with E-state index in [9.17, 15) is 0 Å². The van der Waals surface area contributed by atoms with Gasteiger partial charge in [0.15, 0.2) is 0 Å². The highest BCUT2D eigenvalue weighted by Crippen LogP contribution is 2.19. The van der Waals surface area contributed by atoms with Gasteiger partial charge in [-0.25, -0.2) is 0 Å². The number of hydrogen-bond donors (Lipinski definition) is 0. The molecule has 0 aliphatic carbocycles. The van der Waals surface area contributed by atoms with Crippen LogP contribution in [0.25, 0.3) is 0 Å². The fourth-order valence-corrected chi connectivity index (χ4v) is 2.17. The minimum Gasteiger partial charge on any atom is -0.0683 e. The van der Waals surface area contributed by atoms with Crippen LogP contribution in [0.1, 0.15) is 183 Å². The zero-order valence-corrected chi connectivity index (χ0v) is 27.4. The first-order valence-corrected chi connectivity index (χ1v) is 14.4. The molecular weight excluding hydrogens is 384 g/mol. The minimum atomic E-state index is 0.500. The second-order valence-electron chi connectivity index (χ2n) is 12.6. The Bertz CT molecular complexity index is 242. The molecule has 0 saturated carbocycles. The fourth-order valence-electron chi connectivity index (χ4n) is 2.17. The minimum absolute atomic E-state index is 0.500. The number of hydrogen-bond acceptors (Lipinski definition) is 0. The Labute approximate surface area is 211 Å². The van der Waals surface area contributed by atoms with Gasteiger partial charge in [-0.15, -0.1) is 0 Å². The Hall–Kier alpha value is 0. The van der Waals surface area contributed by atoms with Gasteiger partial charge in [0.25, 0.3) is 0 Å². The SMILES string of the molecule is CC.CC(C)(C)C.CC(C)C.CCC(C)CC.CCCC(C)(C)C.CCCC(C)CCC. The highest BCUT2D eigenvalue weighted by molar-refractivity contribution is 4.58. The molecule has 0 aromatic carbocycles. The largest absolute Gasteiger partial charge is 0.0683 e. The van der Waals surface area contributed by atoms with Crippen LogP contribution in [0.15, 0.2) is 0 Å². The van der Waals surface area contributed by atoms with Crippen LogP contribution < -0.4 is 0 Å². The normalized spacial score (nSPS) is 10.3. The standard InChI is InChI=1S/C8H18.C7H16.C6H14.C5H12.C4H10.C2H6/c1-4-6-8(3)7-5-2;1-5-6-7(2,3)4;1-4-6(3)5-2;1-5(2,3)4;1-4(2)3;1-2/h8H,4-7H2,1-3H3;5-6H2,1-4H3;6H,4-5H2,1-3H3;1-4H3;4H,1-3H3;1-2H3. The van der Waals surface area contributed by atoms with Gasteiger partial charge in [-0.2, -0.15) is 0 Å². The molecule has 0 aliphatic rings. The van der Waals surface area contributed by atoms with Crippen molar-refractivity contribution in [2.75, 3.05) is 0 Å². The molecule has 0 heteroatoms. The molecule has 32 heavy (non-hydrogen) atoms. The maximum absolute atomic E-state index is 2.34. The summed E-state index contributed by atoms with van der Waals surface area (Å²) in [7, 11) is 0.